The van der Waals surface area contributed by atoms with Gasteiger partial charge in [0.2, 0.25) is 5.91 Å². The molecule has 0 radical (unpaired) electrons. The van der Waals surface area contributed by atoms with Gasteiger partial charge in [-0.1, -0.05) is 0 Å². The molecule has 21 heavy (non-hydrogen) atoms. The maximum absolute atomic E-state index is 14.1. The van der Waals surface area contributed by atoms with Crippen LogP contribution in [0.5, 0.6) is 0 Å². The summed E-state index contributed by atoms with van der Waals surface area (Å²) in [5.41, 5.74) is 7.72. The number of amides is 1. The van der Waals surface area contributed by atoms with Crippen LogP contribution in [0, 0.1) is 19.7 Å². The fraction of sp³-hybridized carbons (Fsp3) is 0.286. The first-order chi connectivity index (χ1) is 9.51. The van der Waals surface area contributed by atoms with Crippen LogP contribution in [0.4, 0.5) is 10.1 Å². The molecule has 0 saturated heterocycles. The molecule has 0 aliphatic carbocycles. The van der Waals surface area contributed by atoms with E-state index >= 15 is 0 Å². The smallest absolute Gasteiger partial charge is 0.225 e. The number of anilines is 1. The lowest BCUT2D eigenvalue weighted by Gasteiger charge is -2.09. The number of nitrogens with two attached hydrogens (primary N) is 1. The third kappa shape index (κ3) is 4.03. The summed E-state index contributed by atoms with van der Waals surface area (Å²) in [6, 6.07) is 6.38. The molecule has 1 aromatic heterocycles. The zero-order valence-electron chi connectivity index (χ0n) is 11.9. The summed E-state index contributed by atoms with van der Waals surface area (Å²) in [5, 5.41) is 6.83. The Kier molecular flexibility index (Phi) is 5.87. The van der Waals surface area contributed by atoms with Gasteiger partial charge in [-0.25, -0.2) is 9.07 Å². The summed E-state index contributed by atoms with van der Waals surface area (Å²) in [7, 11) is 0. The Hall–Kier alpha value is -1.92. The summed E-state index contributed by atoms with van der Waals surface area (Å²) in [6.07, 6.45) is 0.209. The average Bonchev–Trinajstić information content (AvgIpc) is 2.69. The number of aryl methyl sites for hydroxylation is 2. The van der Waals surface area contributed by atoms with Crippen LogP contribution in [0.15, 0.2) is 24.3 Å². The van der Waals surface area contributed by atoms with Gasteiger partial charge in [0.05, 0.1) is 5.69 Å². The molecular formula is C14H18ClFN4O. The van der Waals surface area contributed by atoms with E-state index in [-0.39, 0.29) is 31.3 Å². The van der Waals surface area contributed by atoms with E-state index in [0.717, 1.165) is 11.4 Å². The van der Waals surface area contributed by atoms with E-state index in [1.165, 1.54) is 10.7 Å². The molecule has 0 atom stereocenters. The van der Waals surface area contributed by atoms with Gasteiger partial charge >= 0.3 is 0 Å². The molecule has 7 heteroatoms. The summed E-state index contributed by atoms with van der Waals surface area (Å²) in [6.45, 7) is 3.97. The number of halogens is 2. The molecule has 0 fully saturated rings. The largest absolute Gasteiger partial charge is 0.330 e. The van der Waals surface area contributed by atoms with Crippen molar-refractivity contribution < 1.29 is 9.18 Å². The highest BCUT2D eigenvalue weighted by Gasteiger charge is 2.10. The second kappa shape index (κ2) is 7.19. The summed E-state index contributed by atoms with van der Waals surface area (Å²) >= 11 is 0. The van der Waals surface area contributed by atoms with Crippen molar-refractivity contribution in [3.05, 3.63) is 41.5 Å². The van der Waals surface area contributed by atoms with Gasteiger partial charge in [0, 0.05) is 24.3 Å². The number of nitrogens with one attached hydrogen (secondary N) is 1. The van der Waals surface area contributed by atoms with Gasteiger partial charge in [0.15, 0.2) is 5.82 Å². The van der Waals surface area contributed by atoms with E-state index in [4.69, 9.17) is 5.73 Å². The first kappa shape index (κ1) is 17.1. The Bertz CT molecular complexity index is 642. The first-order valence-corrected chi connectivity index (χ1v) is 6.34. The van der Waals surface area contributed by atoms with E-state index in [0.29, 0.717) is 11.4 Å². The van der Waals surface area contributed by atoms with E-state index in [1.54, 1.807) is 12.1 Å². The molecule has 0 spiro atoms. The van der Waals surface area contributed by atoms with Gasteiger partial charge in [-0.3, -0.25) is 4.79 Å². The van der Waals surface area contributed by atoms with Crippen molar-refractivity contribution in [1.29, 1.82) is 0 Å². The fourth-order valence-electron chi connectivity index (χ4n) is 1.98. The highest BCUT2D eigenvalue weighted by atomic mass is 35.5. The molecule has 0 aliphatic rings. The van der Waals surface area contributed by atoms with E-state index in [1.807, 2.05) is 19.9 Å². The monoisotopic (exact) mass is 312 g/mol. The van der Waals surface area contributed by atoms with Crippen molar-refractivity contribution in [2.24, 2.45) is 5.73 Å². The topological polar surface area (TPSA) is 72.9 Å². The lowest BCUT2D eigenvalue weighted by molar-refractivity contribution is -0.116. The zero-order valence-corrected chi connectivity index (χ0v) is 12.7. The third-order valence-corrected chi connectivity index (χ3v) is 2.84. The average molecular weight is 313 g/mol. The fourth-order valence-corrected chi connectivity index (χ4v) is 1.98. The number of aromatic nitrogens is 2. The second-order valence-corrected chi connectivity index (χ2v) is 4.59. The van der Waals surface area contributed by atoms with Gasteiger partial charge in [0.1, 0.15) is 5.69 Å². The number of rotatable bonds is 4. The van der Waals surface area contributed by atoms with Gasteiger partial charge < -0.3 is 11.1 Å². The van der Waals surface area contributed by atoms with Crippen molar-refractivity contribution in [2.45, 2.75) is 20.3 Å². The molecule has 2 rings (SSSR count). The van der Waals surface area contributed by atoms with Crippen LogP contribution in [-0.4, -0.2) is 22.2 Å². The number of hydrogen-bond acceptors (Lipinski definition) is 3. The number of carbonyl (C=O) groups is 1. The Morgan fingerprint density at radius 2 is 2.10 bits per heavy atom. The zero-order chi connectivity index (χ0) is 14.7. The lowest BCUT2D eigenvalue weighted by Crippen LogP contribution is -2.16. The van der Waals surface area contributed by atoms with Gasteiger partial charge in [0.25, 0.3) is 0 Å². The van der Waals surface area contributed by atoms with Crippen LogP contribution in [0.3, 0.4) is 0 Å². The minimum absolute atomic E-state index is 0. The van der Waals surface area contributed by atoms with Crippen LogP contribution in [0.25, 0.3) is 5.69 Å². The summed E-state index contributed by atoms with van der Waals surface area (Å²) in [4.78, 5) is 11.4. The highest BCUT2D eigenvalue weighted by molar-refractivity contribution is 5.90. The third-order valence-electron chi connectivity index (χ3n) is 2.84. The van der Waals surface area contributed by atoms with Crippen LogP contribution in [0.1, 0.15) is 17.8 Å². The molecule has 2 aromatic rings. The van der Waals surface area contributed by atoms with Crippen molar-refractivity contribution in [1.82, 2.24) is 9.78 Å². The highest BCUT2D eigenvalue weighted by Crippen LogP contribution is 2.20. The van der Waals surface area contributed by atoms with Crippen molar-refractivity contribution >= 4 is 24.0 Å². The molecule has 0 unspecified atom stereocenters. The molecule has 114 valence electrons. The Morgan fingerprint density at radius 3 is 2.62 bits per heavy atom. The van der Waals surface area contributed by atoms with Crippen molar-refractivity contribution in [2.75, 3.05) is 11.9 Å². The molecular weight excluding hydrogens is 295 g/mol. The number of hydrogen-bond donors (Lipinski definition) is 2. The minimum Gasteiger partial charge on any atom is -0.330 e. The van der Waals surface area contributed by atoms with Gasteiger partial charge in [-0.15, -0.1) is 12.4 Å². The van der Waals surface area contributed by atoms with Gasteiger partial charge in [-0.2, -0.15) is 5.10 Å². The molecule has 1 amide bonds. The molecule has 3 N–H and O–H groups in total. The SMILES string of the molecule is Cc1cc(C)n(-c2ccc(NC(=O)CCN)cc2F)n1.Cl. The van der Waals surface area contributed by atoms with Gasteiger partial charge in [-0.05, 0) is 38.1 Å². The Balaban J connectivity index is 0.00000220. The summed E-state index contributed by atoms with van der Waals surface area (Å²) < 4.78 is 15.7. The number of benzene rings is 1. The van der Waals surface area contributed by atoms with Crippen molar-refractivity contribution in [3.8, 4) is 5.69 Å². The molecule has 0 bridgehead atoms. The van der Waals surface area contributed by atoms with Crippen LogP contribution >= 0.6 is 12.4 Å². The Labute approximate surface area is 128 Å². The second-order valence-electron chi connectivity index (χ2n) is 4.59. The Morgan fingerprint density at radius 1 is 1.38 bits per heavy atom. The molecule has 0 saturated carbocycles. The molecule has 1 heterocycles. The molecule has 5 nitrogen and oxygen atoms in total. The minimum atomic E-state index is -0.443. The van der Waals surface area contributed by atoms with Crippen LogP contribution in [-0.2, 0) is 4.79 Å². The van der Waals surface area contributed by atoms with Crippen molar-refractivity contribution in [3.63, 3.8) is 0 Å². The maximum atomic E-state index is 14.1. The maximum Gasteiger partial charge on any atom is 0.225 e. The van der Waals surface area contributed by atoms with Crippen LogP contribution in [0.2, 0.25) is 0 Å². The predicted molar refractivity (Wildman–Crippen MR) is 82.5 cm³/mol. The van der Waals surface area contributed by atoms with Crippen LogP contribution < -0.4 is 11.1 Å². The quantitative estimate of drug-likeness (QED) is 0.910. The van der Waals surface area contributed by atoms with E-state index < -0.39 is 5.82 Å². The van der Waals surface area contributed by atoms with E-state index in [2.05, 4.69) is 10.4 Å². The van der Waals surface area contributed by atoms with E-state index in [9.17, 15) is 9.18 Å². The standard InChI is InChI=1S/C14H17FN4O.ClH/c1-9-7-10(2)19(18-9)13-4-3-11(8-12(13)15)17-14(20)5-6-16;/h3-4,7-8H,5-6,16H2,1-2H3,(H,17,20);1H. The normalized spacial score (nSPS) is 10.1. The molecule has 0 aliphatic heterocycles. The number of nitrogens with zero attached hydrogens (tertiary/aromatic N) is 2. The first-order valence-electron chi connectivity index (χ1n) is 6.34. The molecule has 1 aromatic carbocycles. The predicted octanol–water partition coefficient (Wildman–Crippen LogP) is 2.34. The summed E-state index contributed by atoms with van der Waals surface area (Å²) in [5.74, 6) is -0.674. The lowest BCUT2D eigenvalue weighted by atomic mass is 10.2. The number of carbonyl (C=O) groups excluding carboxylic acids is 1.